The minimum Gasteiger partial charge on any atom is -0.350 e. The maximum absolute atomic E-state index is 14.7. The van der Waals surface area contributed by atoms with E-state index in [0.29, 0.717) is 18.5 Å². The molecule has 1 amide bonds. The van der Waals surface area contributed by atoms with Gasteiger partial charge in [0.15, 0.2) is 0 Å². The maximum atomic E-state index is 14.7. The van der Waals surface area contributed by atoms with Gasteiger partial charge in [0, 0.05) is 50.8 Å². The van der Waals surface area contributed by atoms with Crippen LogP contribution in [0.2, 0.25) is 0 Å². The number of halogens is 1. The highest BCUT2D eigenvalue weighted by atomic mass is 19.1. The third kappa shape index (κ3) is 6.55. The van der Waals surface area contributed by atoms with E-state index in [9.17, 15) is 9.18 Å². The highest BCUT2D eigenvalue weighted by molar-refractivity contribution is 5.80. The number of piperidine rings is 1. The third-order valence-corrected chi connectivity index (χ3v) is 10.7. The number of likely N-dealkylation sites (tertiary alicyclic amines) is 1. The average Bonchev–Trinajstić information content (AvgIpc) is 3.55. The van der Waals surface area contributed by atoms with Crippen LogP contribution in [0, 0.1) is 11.3 Å². The summed E-state index contributed by atoms with van der Waals surface area (Å²) in [5, 5.41) is 6.92. The molecule has 1 spiro atoms. The lowest BCUT2D eigenvalue weighted by atomic mass is 9.72. The van der Waals surface area contributed by atoms with Gasteiger partial charge in [0.25, 0.3) is 0 Å². The van der Waals surface area contributed by atoms with Gasteiger partial charge in [-0.25, -0.2) is 4.39 Å². The Morgan fingerprint density at radius 1 is 1.03 bits per heavy atom. The Bertz CT molecular complexity index is 778. The first-order chi connectivity index (χ1) is 18.4. The summed E-state index contributed by atoms with van der Waals surface area (Å²) < 4.78 is 14.7. The van der Waals surface area contributed by atoms with Gasteiger partial charge in [0.1, 0.15) is 6.17 Å². The van der Waals surface area contributed by atoms with Crippen molar-refractivity contribution in [2.24, 2.45) is 22.8 Å². The van der Waals surface area contributed by atoms with Gasteiger partial charge >= 0.3 is 0 Å². The fraction of sp³-hybridized carbons (Fsp3) is 0.966. The minimum absolute atomic E-state index is 0.0468. The summed E-state index contributed by atoms with van der Waals surface area (Å²) in [7, 11) is 0. The Balaban J connectivity index is 1.31. The molecule has 4 heterocycles. The number of nitrogens with one attached hydrogen (secondary N) is 2. The van der Waals surface area contributed by atoms with Crippen molar-refractivity contribution < 1.29 is 9.18 Å². The third-order valence-electron chi connectivity index (χ3n) is 10.7. The lowest BCUT2D eigenvalue weighted by molar-refractivity contribution is -0.129. The standard InChI is InChI=1S/C29H54FN7O/c1-2-12-35-14-8-25(37-16-15-36-13-5-6-22(36)19-37)24(20-35)34-28(38)26(27(31)32)23-17-29(9-3-4-10-29)11-7-21(30)18-33-23/h21-27,33H,2-20,31-32H2,1H3,(H,34,38)/t21?,22-,23?,24?,25?,26?/m0/s1. The van der Waals surface area contributed by atoms with E-state index in [-0.39, 0.29) is 30.0 Å². The Kier molecular flexibility index (Phi) is 9.64. The Hall–Kier alpha value is -0.840. The summed E-state index contributed by atoms with van der Waals surface area (Å²) in [6.45, 7) is 10.1. The predicted octanol–water partition coefficient (Wildman–Crippen LogP) is 1.64. The van der Waals surface area contributed by atoms with Crippen LogP contribution in [0.4, 0.5) is 4.39 Å². The van der Waals surface area contributed by atoms with Gasteiger partial charge in [-0.2, -0.15) is 0 Å². The Labute approximate surface area is 229 Å². The van der Waals surface area contributed by atoms with E-state index in [0.717, 1.165) is 77.8 Å². The second-order valence-corrected chi connectivity index (χ2v) is 13.3. The molecule has 0 aromatic carbocycles. The number of carbonyl (C=O) groups excluding carboxylic acids is 1. The quantitative estimate of drug-likeness (QED) is 0.368. The normalized spacial score (nSPS) is 36.2. The summed E-state index contributed by atoms with van der Waals surface area (Å²) in [5.41, 5.74) is 12.8. The van der Waals surface area contributed by atoms with Gasteiger partial charge in [-0.3, -0.25) is 14.6 Å². The van der Waals surface area contributed by atoms with Crippen LogP contribution in [0.5, 0.6) is 0 Å². The molecular formula is C29H54FN7O. The fourth-order valence-electron chi connectivity index (χ4n) is 8.64. The van der Waals surface area contributed by atoms with Gasteiger partial charge in [-0.1, -0.05) is 19.8 Å². The first kappa shape index (κ1) is 28.7. The van der Waals surface area contributed by atoms with E-state index in [1.54, 1.807) is 0 Å². The van der Waals surface area contributed by atoms with Gasteiger partial charge in [0.2, 0.25) is 5.91 Å². The molecule has 0 bridgehead atoms. The second-order valence-electron chi connectivity index (χ2n) is 13.3. The fourth-order valence-corrected chi connectivity index (χ4v) is 8.64. The van der Waals surface area contributed by atoms with Crippen molar-refractivity contribution in [3.05, 3.63) is 0 Å². The lowest BCUT2D eigenvalue weighted by Crippen LogP contribution is -2.66. The molecule has 6 N–H and O–H groups in total. The molecule has 0 aromatic rings. The predicted molar refractivity (Wildman–Crippen MR) is 150 cm³/mol. The van der Waals surface area contributed by atoms with Crippen LogP contribution in [-0.2, 0) is 4.79 Å². The molecule has 9 heteroatoms. The van der Waals surface area contributed by atoms with E-state index >= 15 is 0 Å². The molecule has 6 atom stereocenters. The molecule has 4 aliphatic heterocycles. The summed E-state index contributed by atoms with van der Waals surface area (Å²) in [6, 6.07) is 0.864. The monoisotopic (exact) mass is 535 g/mol. The van der Waals surface area contributed by atoms with Crippen molar-refractivity contribution in [1.29, 1.82) is 0 Å². The summed E-state index contributed by atoms with van der Waals surface area (Å²) >= 11 is 0. The van der Waals surface area contributed by atoms with E-state index < -0.39 is 18.3 Å². The number of alkyl halides is 1. The van der Waals surface area contributed by atoms with Crippen molar-refractivity contribution in [2.75, 3.05) is 52.4 Å². The van der Waals surface area contributed by atoms with Crippen LogP contribution >= 0.6 is 0 Å². The first-order valence-corrected chi connectivity index (χ1v) is 15.8. The number of carbonyl (C=O) groups is 1. The highest BCUT2D eigenvalue weighted by Crippen LogP contribution is 2.47. The Morgan fingerprint density at radius 2 is 1.82 bits per heavy atom. The summed E-state index contributed by atoms with van der Waals surface area (Å²) in [6.07, 6.45) is 10.1. The molecule has 4 saturated heterocycles. The highest BCUT2D eigenvalue weighted by Gasteiger charge is 2.44. The van der Waals surface area contributed by atoms with Crippen molar-refractivity contribution in [3.63, 3.8) is 0 Å². The number of hydrogen-bond acceptors (Lipinski definition) is 7. The largest absolute Gasteiger partial charge is 0.350 e. The smallest absolute Gasteiger partial charge is 0.227 e. The molecule has 5 unspecified atom stereocenters. The van der Waals surface area contributed by atoms with E-state index in [1.165, 1.54) is 32.2 Å². The first-order valence-electron chi connectivity index (χ1n) is 15.8. The van der Waals surface area contributed by atoms with Crippen molar-refractivity contribution in [2.45, 2.75) is 114 Å². The van der Waals surface area contributed by atoms with Crippen LogP contribution in [0.1, 0.15) is 77.6 Å². The zero-order valence-electron chi connectivity index (χ0n) is 23.8. The molecule has 5 fully saturated rings. The molecule has 1 aliphatic carbocycles. The van der Waals surface area contributed by atoms with Crippen molar-refractivity contribution in [3.8, 4) is 0 Å². The lowest BCUT2D eigenvalue weighted by Gasteiger charge is -2.48. The molecule has 0 aromatic heterocycles. The van der Waals surface area contributed by atoms with E-state index in [1.807, 2.05) is 0 Å². The zero-order valence-corrected chi connectivity index (χ0v) is 23.8. The van der Waals surface area contributed by atoms with Crippen LogP contribution < -0.4 is 22.1 Å². The van der Waals surface area contributed by atoms with Gasteiger partial charge in [-0.15, -0.1) is 0 Å². The van der Waals surface area contributed by atoms with E-state index in [2.05, 4.69) is 32.3 Å². The summed E-state index contributed by atoms with van der Waals surface area (Å²) in [5.74, 6) is -0.610. The topological polar surface area (TPSA) is 103 Å². The molecule has 5 rings (SSSR count). The van der Waals surface area contributed by atoms with Gasteiger partial charge < -0.3 is 27.0 Å². The zero-order chi connectivity index (χ0) is 26.7. The molecule has 1 saturated carbocycles. The summed E-state index contributed by atoms with van der Waals surface area (Å²) in [4.78, 5) is 21.9. The molecule has 8 nitrogen and oxygen atoms in total. The van der Waals surface area contributed by atoms with Crippen molar-refractivity contribution >= 4 is 5.91 Å². The van der Waals surface area contributed by atoms with Gasteiger partial charge in [-0.05, 0) is 82.8 Å². The maximum Gasteiger partial charge on any atom is 0.227 e. The van der Waals surface area contributed by atoms with Crippen LogP contribution in [0.25, 0.3) is 0 Å². The van der Waals surface area contributed by atoms with Crippen LogP contribution in [-0.4, -0.2) is 109 Å². The number of nitrogens with zero attached hydrogens (tertiary/aromatic N) is 3. The van der Waals surface area contributed by atoms with Crippen molar-refractivity contribution in [1.82, 2.24) is 25.3 Å². The number of rotatable bonds is 7. The number of fused-ring (bicyclic) bond motifs is 1. The number of amides is 1. The number of hydrogen-bond donors (Lipinski definition) is 4. The van der Waals surface area contributed by atoms with Crippen LogP contribution in [0.3, 0.4) is 0 Å². The molecule has 0 radical (unpaired) electrons. The molecule has 38 heavy (non-hydrogen) atoms. The van der Waals surface area contributed by atoms with E-state index in [4.69, 9.17) is 11.5 Å². The Morgan fingerprint density at radius 3 is 2.58 bits per heavy atom. The SMILES string of the molecule is CCCN1CCC(N2CCN3CCC[C@H]3C2)C(NC(=O)C(C(N)N)C2CC3(CCCC3)CCC(F)CN2)C1. The minimum atomic E-state index is -0.882. The van der Waals surface area contributed by atoms with Gasteiger partial charge in [0.05, 0.1) is 18.1 Å². The molecular weight excluding hydrogens is 481 g/mol. The average molecular weight is 536 g/mol. The number of piperazine rings is 1. The van der Waals surface area contributed by atoms with Crippen LogP contribution in [0.15, 0.2) is 0 Å². The molecule has 218 valence electrons. The second kappa shape index (κ2) is 12.8. The molecule has 5 aliphatic rings. The number of nitrogens with two attached hydrogens (primary N) is 2.